The molecule has 4 N–H and O–H groups in total. The number of amidine groups is 1. The lowest BCUT2D eigenvalue weighted by molar-refractivity contribution is -0.129. The van der Waals surface area contributed by atoms with Gasteiger partial charge in [0.25, 0.3) is 0 Å². The van der Waals surface area contributed by atoms with Crippen molar-refractivity contribution >= 4 is 22.6 Å². The quantitative estimate of drug-likeness (QED) is 0.683. The van der Waals surface area contributed by atoms with E-state index in [4.69, 9.17) is 0 Å². The molecule has 6 nitrogen and oxygen atoms in total. The van der Waals surface area contributed by atoms with Gasteiger partial charge in [0.1, 0.15) is 11.5 Å². The van der Waals surface area contributed by atoms with E-state index in [1.54, 1.807) is 0 Å². The third-order valence-electron chi connectivity index (χ3n) is 7.07. The Morgan fingerprint density at radius 3 is 2.77 bits per heavy atom. The summed E-state index contributed by atoms with van der Waals surface area (Å²) in [5.41, 5.74) is 2.74. The zero-order valence-corrected chi connectivity index (χ0v) is 14.8. The fraction of sp³-hybridized carbons (Fsp3) is 0.600. The zero-order valence-electron chi connectivity index (χ0n) is 14.8. The summed E-state index contributed by atoms with van der Waals surface area (Å²) in [6, 6.07) is 2.54. The van der Waals surface area contributed by atoms with Gasteiger partial charge in [-0.15, -0.1) is 0 Å². The number of rotatable bonds is 3. The molecule has 2 atom stereocenters. The first-order chi connectivity index (χ1) is 12.7. The SMILES string of the molecule is OC12CC3CC(C1)C(Nc1c(C4=NCCN4)cnc4[nH]ccc14)C(C3)C2. The number of pyridine rings is 1. The molecule has 0 amide bonds. The van der Waals surface area contributed by atoms with Gasteiger partial charge in [-0.3, -0.25) is 4.99 Å². The number of aliphatic hydroxyl groups is 1. The number of aliphatic imine (C=N–C) groups is 1. The van der Waals surface area contributed by atoms with Crippen molar-refractivity contribution in [1.82, 2.24) is 15.3 Å². The van der Waals surface area contributed by atoms with Crippen molar-refractivity contribution < 1.29 is 5.11 Å². The Kier molecular flexibility index (Phi) is 3.02. The van der Waals surface area contributed by atoms with E-state index in [9.17, 15) is 5.11 Å². The Morgan fingerprint density at radius 2 is 2.04 bits per heavy atom. The number of aromatic nitrogens is 2. The number of hydrogen-bond acceptors (Lipinski definition) is 5. The minimum absolute atomic E-state index is 0.393. The minimum atomic E-state index is -0.393. The summed E-state index contributed by atoms with van der Waals surface area (Å²) in [6.07, 6.45) is 9.33. The van der Waals surface area contributed by atoms with E-state index in [1.165, 1.54) is 12.8 Å². The van der Waals surface area contributed by atoms with Gasteiger partial charge in [0, 0.05) is 30.4 Å². The molecular formula is C20H25N5O. The molecule has 0 aromatic carbocycles. The number of hydrogen-bond donors (Lipinski definition) is 4. The van der Waals surface area contributed by atoms with Crippen LogP contribution in [0.1, 0.15) is 37.7 Å². The molecule has 0 spiro atoms. The normalized spacial score (nSPS) is 37.8. The summed E-state index contributed by atoms with van der Waals surface area (Å²) in [7, 11) is 0. The van der Waals surface area contributed by atoms with Gasteiger partial charge in [-0.05, 0) is 55.9 Å². The third-order valence-corrected chi connectivity index (χ3v) is 7.07. The van der Waals surface area contributed by atoms with E-state index in [2.05, 4.69) is 31.7 Å². The summed E-state index contributed by atoms with van der Waals surface area (Å²) in [6.45, 7) is 1.71. The molecule has 2 aromatic heterocycles. The van der Waals surface area contributed by atoms with Gasteiger partial charge in [-0.2, -0.15) is 0 Å². The highest BCUT2D eigenvalue weighted by Crippen LogP contribution is 2.56. The first-order valence-corrected chi connectivity index (χ1v) is 9.92. The van der Waals surface area contributed by atoms with Crippen molar-refractivity contribution in [2.75, 3.05) is 18.4 Å². The topological polar surface area (TPSA) is 85.3 Å². The average Bonchev–Trinajstić information content (AvgIpc) is 3.27. The van der Waals surface area contributed by atoms with Gasteiger partial charge in [-0.25, -0.2) is 4.98 Å². The third kappa shape index (κ3) is 2.14. The van der Waals surface area contributed by atoms with E-state index < -0.39 is 5.60 Å². The molecule has 3 heterocycles. The van der Waals surface area contributed by atoms with E-state index >= 15 is 0 Å². The number of anilines is 1. The van der Waals surface area contributed by atoms with E-state index in [0.29, 0.717) is 17.9 Å². The minimum Gasteiger partial charge on any atom is -0.390 e. The standard InChI is InChI=1S/C20H25N5O/c26-20-7-11-5-12(8-20)16(13(6-11)9-20)25-17-14-1-2-21-18(14)24-10-15(17)19-22-3-4-23-19/h1-2,10-13,16,26H,3-9H2,(H,22,23)(H2,21,24,25). The number of nitrogens with one attached hydrogen (secondary N) is 3. The van der Waals surface area contributed by atoms with Gasteiger partial charge in [-0.1, -0.05) is 0 Å². The highest BCUT2D eigenvalue weighted by Gasteiger charge is 2.54. The molecule has 0 saturated heterocycles. The molecular weight excluding hydrogens is 326 g/mol. The fourth-order valence-corrected chi connectivity index (χ4v) is 6.30. The summed E-state index contributed by atoms with van der Waals surface area (Å²) < 4.78 is 0. The van der Waals surface area contributed by atoms with Gasteiger partial charge in [0.05, 0.1) is 23.4 Å². The van der Waals surface area contributed by atoms with Crippen LogP contribution in [-0.4, -0.2) is 45.6 Å². The second-order valence-electron chi connectivity index (χ2n) is 8.81. The number of nitrogens with zero attached hydrogens (tertiary/aromatic N) is 2. The predicted molar refractivity (Wildman–Crippen MR) is 101 cm³/mol. The molecule has 6 heteroatoms. The molecule has 4 bridgehead atoms. The summed E-state index contributed by atoms with van der Waals surface area (Å²) in [5.74, 6) is 2.81. The Balaban J connectivity index is 1.41. The van der Waals surface area contributed by atoms with Crippen LogP contribution < -0.4 is 10.6 Å². The largest absolute Gasteiger partial charge is 0.390 e. The van der Waals surface area contributed by atoms with E-state index in [1.807, 2.05) is 12.4 Å². The van der Waals surface area contributed by atoms with Gasteiger partial charge >= 0.3 is 0 Å². The lowest BCUT2D eigenvalue weighted by Gasteiger charge is -2.58. The number of fused-ring (bicyclic) bond motifs is 1. The van der Waals surface area contributed by atoms with Crippen LogP contribution in [0, 0.1) is 17.8 Å². The lowest BCUT2D eigenvalue weighted by Crippen LogP contribution is -2.59. The van der Waals surface area contributed by atoms with Crippen LogP contribution in [0.15, 0.2) is 23.5 Å². The molecule has 26 heavy (non-hydrogen) atoms. The van der Waals surface area contributed by atoms with E-state index in [0.717, 1.165) is 66.4 Å². The molecule has 2 unspecified atom stereocenters. The molecule has 4 fully saturated rings. The molecule has 136 valence electrons. The molecule has 4 aliphatic carbocycles. The van der Waals surface area contributed by atoms with Gasteiger partial charge < -0.3 is 20.7 Å². The maximum atomic E-state index is 10.9. The van der Waals surface area contributed by atoms with Crippen LogP contribution in [0.4, 0.5) is 5.69 Å². The van der Waals surface area contributed by atoms with Crippen molar-refractivity contribution in [3.05, 3.63) is 24.0 Å². The molecule has 1 aliphatic heterocycles. The van der Waals surface area contributed by atoms with Crippen molar-refractivity contribution in [3.63, 3.8) is 0 Å². The van der Waals surface area contributed by atoms with Crippen molar-refractivity contribution in [3.8, 4) is 0 Å². The molecule has 0 radical (unpaired) electrons. The molecule has 5 aliphatic rings. The average molecular weight is 351 g/mol. The molecule has 7 rings (SSSR count). The first kappa shape index (κ1) is 15.0. The Hall–Kier alpha value is -2.08. The number of aromatic amines is 1. The van der Waals surface area contributed by atoms with Gasteiger partial charge in [0.2, 0.25) is 0 Å². The maximum absolute atomic E-state index is 10.9. The van der Waals surface area contributed by atoms with E-state index in [-0.39, 0.29) is 0 Å². The summed E-state index contributed by atoms with van der Waals surface area (Å²) >= 11 is 0. The number of H-pyrrole nitrogens is 1. The summed E-state index contributed by atoms with van der Waals surface area (Å²) in [4.78, 5) is 12.4. The highest BCUT2D eigenvalue weighted by atomic mass is 16.3. The van der Waals surface area contributed by atoms with Gasteiger partial charge in [0.15, 0.2) is 0 Å². The van der Waals surface area contributed by atoms with Crippen molar-refractivity contribution in [2.45, 2.75) is 43.7 Å². The Bertz CT molecular complexity index is 887. The fourth-order valence-electron chi connectivity index (χ4n) is 6.30. The van der Waals surface area contributed by atoms with Crippen LogP contribution in [0.2, 0.25) is 0 Å². The lowest BCUT2D eigenvalue weighted by atomic mass is 9.52. The summed E-state index contributed by atoms with van der Waals surface area (Å²) in [5, 5.41) is 19.3. The van der Waals surface area contributed by atoms with Crippen LogP contribution in [-0.2, 0) is 0 Å². The molecule has 4 saturated carbocycles. The maximum Gasteiger partial charge on any atom is 0.139 e. The van der Waals surface area contributed by atoms with Crippen molar-refractivity contribution in [2.24, 2.45) is 22.7 Å². The Labute approximate surface area is 152 Å². The first-order valence-electron chi connectivity index (χ1n) is 9.92. The highest BCUT2D eigenvalue weighted by molar-refractivity contribution is 6.09. The van der Waals surface area contributed by atoms with Crippen LogP contribution >= 0.6 is 0 Å². The predicted octanol–water partition coefficient (Wildman–Crippen LogP) is 2.26. The van der Waals surface area contributed by atoms with Crippen molar-refractivity contribution in [1.29, 1.82) is 0 Å². The van der Waals surface area contributed by atoms with Crippen LogP contribution in [0.3, 0.4) is 0 Å². The second-order valence-corrected chi connectivity index (χ2v) is 8.81. The zero-order chi connectivity index (χ0) is 17.3. The second kappa shape index (κ2) is 5.22. The van der Waals surface area contributed by atoms with Crippen LogP contribution in [0.25, 0.3) is 11.0 Å². The smallest absolute Gasteiger partial charge is 0.139 e. The molecule has 2 aromatic rings. The van der Waals surface area contributed by atoms with Crippen LogP contribution in [0.5, 0.6) is 0 Å². The monoisotopic (exact) mass is 351 g/mol. The Morgan fingerprint density at radius 1 is 1.19 bits per heavy atom.